The molecular formula is C10H16N4O5S. The summed E-state index contributed by atoms with van der Waals surface area (Å²) in [5.41, 5.74) is 0. The molecule has 1 aliphatic heterocycles. The second kappa shape index (κ2) is 6.18. The van der Waals surface area contributed by atoms with Gasteiger partial charge in [0.05, 0.1) is 25.3 Å². The van der Waals surface area contributed by atoms with E-state index in [1.54, 1.807) is 0 Å². The van der Waals surface area contributed by atoms with Crippen LogP contribution in [0.5, 0.6) is 0 Å². The summed E-state index contributed by atoms with van der Waals surface area (Å²) in [6, 6.07) is -0.227. The van der Waals surface area contributed by atoms with E-state index in [4.69, 9.17) is 4.42 Å². The van der Waals surface area contributed by atoms with Gasteiger partial charge in [-0.25, -0.2) is 13.1 Å². The Hall–Kier alpha value is -1.68. The van der Waals surface area contributed by atoms with Crippen molar-refractivity contribution < 1.29 is 22.4 Å². The molecule has 0 aliphatic carbocycles. The SMILES string of the molecule is COC(=O)CCS(=O)(=O)Nc1nnc(C2CCCN2)o1. The van der Waals surface area contributed by atoms with E-state index in [2.05, 4.69) is 25.0 Å². The van der Waals surface area contributed by atoms with Crippen LogP contribution in [0.2, 0.25) is 0 Å². The highest BCUT2D eigenvalue weighted by molar-refractivity contribution is 7.92. The molecule has 10 heteroatoms. The number of anilines is 1. The zero-order valence-corrected chi connectivity index (χ0v) is 11.8. The van der Waals surface area contributed by atoms with Gasteiger partial charge in [-0.1, -0.05) is 5.10 Å². The van der Waals surface area contributed by atoms with Crippen LogP contribution in [0.4, 0.5) is 6.01 Å². The molecule has 0 radical (unpaired) electrons. The van der Waals surface area contributed by atoms with E-state index >= 15 is 0 Å². The quantitative estimate of drug-likeness (QED) is 0.692. The lowest BCUT2D eigenvalue weighted by molar-refractivity contribution is -0.140. The first kappa shape index (κ1) is 14.7. The first-order chi connectivity index (χ1) is 9.50. The standard InChI is InChI=1S/C10H16N4O5S/c1-18-8(15)4-6-20(16,17)14-10-13-12-9(19-10)7-3-2-5-11-7/h7,11H,2-6H2,1H3,(H,13,14). The van der Waals surface area contributed by atoms with Gasteiger partial charge in [-0.2, -0.15) is 0 Å². The molecule has 0 spiro atoms. The minimum absolute atomic E-state index is 0.0316. The molecule has 112 valence electrons. The maximum atomic E-state index is 11.7. The average Bonchev–Trinajstić information content (AvgIpc) is 3.05. The number of nitrogens with zero attached hydrogens (tertiary/aromatic N) is 2. The molecule has 0 saturated carbocycles. The van der Waals surface area contributed by atoms with Crippen LogP contribution in [-0.4, -0.2) is 44.0 Å². The zero-order chi connectivity index (χ0) is 14.6. The van der Waals surface area contributed by atoms with Crippen LogP contribution >= 0.6 is 0 Å². The highest BCUT2D eigenvalue weighted by Crippen LogP contribution is 2.23. The summed E-state index contributed by atoms with van der Waals surface area (Å²) in [5.74, 6) is -0.649. The van der Waals surface area contributed by atoms with Gasteiger partial charge in [0.15, 0.2) is 0 Å². The van der Waals surface area contributed by atoms with Gasteiger partial charge in [-0.05, 0) is 19.4 Å². The number of nitrogens with one attached hydrogen (secondary N) is 2. The van der Waals surface area contributed by atoms with E-state index in [1.807, 2.05) is 0 Å². The van der Waals surface area contributed by atoms with Gasteiger partial charge >= 0.3 is 12.0 Å². The van der Waals surface area contributed by atoms with Gasteiger partial charge in [-0.3, -0.25) is 4.79 Å². The van der Waals surface area contributed by atoms with Gasteiger partial charge in [0, 0.05) is 0 Å². The van der Waals surface area contributed by atoms with Crippen molar-refractivity contribution in [3.63, 3.8) is 0 Å². The second-order valence-electron chi connectivity index (χ2n) is 4.34. The molecular weight excluding hydrogens is 288 g/mol. The lowest BCUT2D eigenvalue weighted by atomic mass is 10.2. The Kier molecular flexibility index (Phi) is 4.55. The third-order valence-electron chi connectivity index (χ3n) is 2.84. The molecule has 1 aromatic heterocycles. The lowest BCUT2D eigenvalue weighted by Crippen LogP contribution is -2.19. The minimum Gasteiger partial charge on any atom is -0.469 e. The predicted molar refractivity (Wildman–Crippen MR) is 68.3 cm³/mol. The molecule has 1 unspecified atom stereocenters. The van der Waals surface area contributed by atoms with Gasteiger partial charge < -0.3 is 14.5 Å². The molecule has 2 N–H and O–H groups in total. The molecule has 1 aliphatic rings. The van der Waals surface area contributed by atoms with Crippen molar-refractivity contribution in [1.29, 1.82) is 0 Å². The molecule has 1 atom stereocenters. The Morgan fingerprint density at radius 2 is 2.35 bits per heavy atom. The van der Waals surface area contributed by atoms with Crippen molar-refractivity contribution in [2.45, 2.75) is 25.3 Å². The first-order valence-electron chi connectivity index (χ1n) is 6.14. The highest BCUT2D eigenvalue weighted by Gasteiger charge is 2.23. The molecule has 1 fully saturated rings. The largest absolute Gasteiger partial charge is 0.469 e. The van der Waals surface area contributed by atoms with Gasteiger partial charge in [0.25, 0.3) is 0 Å². The van der Waals surface area contributed by atoms with Crippen LogP contribution in [-0.2, 0) is 19.6 Å². The maximum Gasteiger partial charge on any atom is 0.329 e. The van der Waals surface area contributed by atoms with Crippen LogP contribution in [0, 0.1) is 0 Å². The van der Waals surface area contributed by atoms with E-state index in [0.717, 1.165) is 19.4 Å². The van der Waals surface area contributed by atoms with Crippen molar-refractivity contribution >= 4 is 22.0 Å². The fourth-order valence-corrected chi connectivity index (χ4v) is 2.70. The number of esters is 1. The minimum atomic E-state index is -3.72. The molecule has 2 heterocycles. The van der Waals surface area contributed by atoms with Crippen molar-refractivity contribution in [2.75, 3.05) is 24.1 Å². The molecule has 0 bridgehead atoms. The number of rotatable bonds is 6. The van der Waals surface area contributed by atoms with Crippen LogP contribution < -0.4 is 10.0 Å². The summed E-state index contributed by atoms with van der Waals surface area (Å²) in [5, 5.41) is 10.6. The second-order valence-corrected chi connectivity index (χ2v) is 6.18. The van der Waals surface area contributed by atoms with Gasteiger partial charge in [0.2, 0.25) is 15.9 Å². The monoisotopic (exact) mass is 304 g/mol. The summed E-state index contributed by atoms with van der Waals surface area (Å²) >= 11 is 0. The van der Waals surface area contributed by atoms with E-state index in [-0.39, 0.29) is 18.5 Å². The van der Waals surface area contributed by atoms with Crippen molar-refractivity contribution in [1.82, 2.24) is 15.5 Å². The third kappa shape index (κ3) is 3.90. The van der Waals surface area contributed by atoms with Crippen molar-refractivity contribution in [2.24, 2.45) is 0 Å². The number of carbonyl (C=O) groups excluding carboxylic acids is 1. The van der Waals surface area contributed by atoms with Gasteiger partial charge in [-0.15, -0.1) is 5.10 Å². The molecule has 20 heavy (non-hydrogen) atoms. The van der Waals surface area contributed by atoms with Crippen LogP contribution in [0.25, 0.3) is 0 Å². The molecule has 0 amide bonds. The topological polar surface area (TPSA) is 123 Å². The molecule has 9 nitrogen and oxygen atoms in total. The van der Waals surface area contributed by atoms with Crippen LogP contribution in [0.1, 0.15) is 31.2 Å². The highest BCUT2D eigenvalue weighted by atomic mass is 32.2. The Bertz CT molecular complexity index is 564. The van der Waals surface area contributed by atoms with Crippen molar-refractivity contribution in [3.05, 3.63) is 5.89 Å². The summed E-state index contributed by atoms with van der Waals surface area (Å²) < 4.78 is 35.1. The zero-order valence-electron chi connectivity index (χ0n) is 11.0. The normalized spacial score (nSPS) is 18.9. The molecule has 1 aromatic rings. The van der Waals surface area contributed by atoms with E-state index in [9.17, 15) is 13.2 Å². The number of aromatic nitrogens is 2. The summed E-state index contributed by atoms with van der Waals surface area (Å²) in [7, 11) is -2.52. The number of methoxy groups -OCH3 is 1. The summed E-state index contributed by atoms with van der Waals surface area (Å²) in [4.78, 5) is 10.9. The number of hydrogen-bond donors (Lipinski definition) is 2. The number of sulfonamides is 1. The Balaban J connectivity index is 1.93. The number of carbonyl (C=O) groups is 1. The number of hydrogen-bond acceptors (Lipinski definition) is 8. The van der Waals surface area contributed by atoms with Crippen molar-refractivity contribution in [3.8, 4) is 0 Å². The Morgan fingerprint density at radius 3 is 3.00 bits per heavy atom. The van der Waals surface area contributed by atoms with E-state index in [0.29, 0.717) is 5.89 Å². The van der Waals surface area contributed by atoms with Gasteiger partial charge in [0.1, 0.15) is 0 Å². The molecule has 2 rings (SSSR count). The van der Waals surface area contributed by atoms with Crippen LogP contribution in [0.15, 0.2) is 4.42 Å². The smallest absolute Gasteiger partial charge is 0.329 e. The molecule has 1 saturated heterocycles. The Morgan fingerprint density at radius 1 is 1.55 bits per heavy atom. The van der Waals surface area contributed by atoms with E-state index < -0.39 is 21.7 Å². The maximum absolute atomic E-state index is 11.7. The average molecular weight is 304 g/mol. The fraction of sp³-hybridized carbons (Fsp3) is 0.700. The fourth-order valence-electron chi connectivity index (χ4n) is 1.82. The predicted octanol–water partition coefficient (Wildman–Crippen LogP) is -0.201. The summed E-state index contributed by atoms with van der Waals surface area (Å²) in [6.07, 6.45) is 1.64. The number of ether oxygens (including phenoxy) is 1. The lowest BCUT2D eigenvalue weighted by Gasteiger charge is -2.04. The van der Waals surface area contributed by atoms with E-state index in [1.165, 1.54) is 7.11 Å². The first-order valence-corrected chi connectivity index (χ1v) is 7.79. The third-order valence-corrected chi connectivity index (χ3v) is 4.07. The molecule has 0 aromatic carbocycles. The Labute approximate surface area is 116 Å². The van der Waals surface area contributed by atoms with Crippen LogP contribution in [0.3, 0.4) is 0 Å². The summed E-state index contributed by atoms with van der Waals surface area (Å²) in [6.45, 7) is 0.868.